The highest BCUT2D eigenvalue weighted by molar-refractivity contribution is 5.80. The standard InChI is InChI=1S/C16H15N3O3/c20-19(21)14-13(12-4-2-1-3-5-12)6-7-17-15(14)18-8-16(9-18)10-22-11-16/h1-7H,8-11H2. The smallest absolute Gasteiger partial charge is 0.319 e. The minimum atomic E-state index is -0.326. The van der Waals surface area contributed by atoms with E-state index in [4.69, 9.17) is 4.74 Å². The van der Waals surface area contributed by atoms with Gasteiger partial charge in [0, 0.05) is 19.3 Å². The van der Waals surface area contributed by atoms with Crippen LogP contribution in [0.1, 0.15) is 0 Å². The molecular weight excluding hydrogens is 282 g/mol. The van der Waals surface area contributed by atoms with Crippen LogP contribution in [-0.4, -0.2) is 36.2 Å². The van der Waals surface area contributed by atoms with Crippen LogP contribution in [-0.2, 0) is 4.74 Å². The van der Waals surface area contributed by atoms with Crippen LogP contribution < -0.4 is 4.90 Å². The summed E-state index contributed by atoms with van der Waals surface area (Å²) in [6, 6.07) is 11.1. The topological polar surface area (TPSA) is 68.5 Å². The van der Waals surface area contributed by atoms with Crippen molar-refractivity contribution < 1.29 is 9.66 Å². The Balaban J connectivity index is 1.74. The molecule has 6 nitrogen and oxygen atoms in total. The summed E-state index contributed by atoms with van der Waals surface area (Å²) in [5.41, 5.74) is 1.73. The van der Waals surface area contributed by atoms with Crippen molar-refractivity contribution in [1.29, 1.82) is 0 Å². The molecule has 2 aliphatic heterocycles. The van der Waals surface area contributed by atoms with Crippen LogP contribution in [0.3, 0.4) is 0 Å². The molecule has 0 amide bonds. The summed E-state index contributed by atoms with van der Waals surface area (Å²) >= 11 is 0. The molecule has 3 heterocycles. The molecular formula is C16H15N3O3. The molecule has 0 bridgehead atoms. The molecule has 0 saturated carbocycles. The zero-order valence-corrected chi connectivity index (χ0v) is 11.9. The van der Waals surface area contributed by atoms with E-state index in [9.17, 15) is 10.1 Å². The van der Waals surface area contributed by atoms with Crippen LogP contribution >= 0.6 is 0 Å². The largest absolute Gasteiger partial charge is 0.380 e. The number of hydrogen-bond donors (Lipinski definition) is 0. The van der Waals surface area contributed by atoms with Gasteiger partial charge < -0.3 is 9.64 Å². The third kappa shape index (κ3) is 1.95. The van der Waals surface area contributed by atoms with Gasteiger partial charge in [-0.15, -0.1) is 0 Å². The average molecular weight is 297 g/mol. The predicted molar refractivity (Wildman–Crippen MR) is 81.8 cm³/mol. The van der Waals surface area contributed by atoms with Gasteiger partial charge in [0.2, 0.25) is 5.82 Å². The molecule has 22 heavy (non-hydrogen) atoms. The zero-order chi connectivity index (χ0) is 15.2. The van der Waals surface area contributed by atoms with Crippen molar-refractivity contribution in [3.63, 3.8) is 0 Å². The number of nitro groups is 1. The molecule has 2 aromatic rings. The number of hydrogen-bond acceptors (Lipinski definition) is 5. The van der Waals surface area contributed by atoms with Gasteiger partial charge >= 0.3 is 5.69 Å². The molecule has 6 heteroatoms. The van der Waals surface area contributed by atoms with E-state index in [-0.39, 0.29) is 16.0 Å². The Labute approximate surface area is 127 Å². The van der Waals surface area contributed by atoms with Crippen molar-refractivity contribution in [3.8, 4) is 11.1 Å². The zero-order valence-electron chi connectivity index (χ0n) is 11.9. The Morgan fingerprint density at radius 3 is 2.50 bits per heavy atom. The summed E-state index contributed by atoms with van der Waals surface area (Å²) in [4.78, 5) is 17.5. The number of ether oxygens (including phenoxy) is 1. The number of nitrogens with zero attached hydrogens (tertiary/aromatic N) is 3. The first kappa shape index (κ1) is 13.2. The Morgan fingerprint density at radius 1 is 1.18 bits per heavy atom. The Hall–Kier alpha value is -2.47. The molecule has 2 fully saturated rings. The normalized spacial score (nSPS) is 18.6. The van der Waals surface area contributed by atoms with E-state index in [0.717, 1.165) is 31.9 Å². The van der Waals surface area contributed by atoms with Gasteiger partial charge in [0.1, 0.15) is 0 Å². The van der Waals surface area contributed by atoms with Gasteiger partial charge in [0.05, 0.1) is 29.1 Å². The molecule has 4 rings (SSSR count). The van der Waals surface area contributed by atoms with Crippen LogP contribution in [0.4, 0.5) is 11.5 Å². The van der Waals surface area contributed by atoms with Gasteiger partial charge in [-0.25, -0.2) is 4.98 Å². The minimum absolute atomic E-state index is 0.0868. The first-order valence-electron chi connectivity index (χ1n) is 7.20. The molecule has 2 saturated heterocycles. The summed E-state index contributed by atoms with van der Waals surface area (Å²) in [5, 5.41) is 11.6. The van der Waals surface area contributed by atoms with Gasteiger partial charge in [-0.3, -0.25) is 10.1 Å². The number of anilines is 1. The second-order valence-corrected chi connectivity index (χ2v) is 6.00. The Kier molecular flexibility index (Phi) is 2.87. The second-order valence-electron chi connectivity index (χ2n) is 6.00. The number of rotatable bonds is 3. The first-order chi connectivity index (χ1) is 10.7. The maximum atomic E-state index is 11.6. The molecule has 0 radical (unpaired) electrons. The molecule has 0 aliphatic carbocycles. The molecule has 0 atom stereocenters. The SMILES string of the molecule is O=[N+]([O-])c1c(-c2ccccc2)ccnc1N1CC2(COC2)C1. The van der Waals surface area contributed by atoms with Crippen LogP contribution in [0.2, 0.25) is 0 Å². The van der Waals surface area contributed by atoms with Crippen molar-refractivity contribution in [1.82, 2.24) is 4.98 Å². The third-order valence-electron chi connectivity index (χ3n) is 4.34. The minimum Gasteiger partial charge on any atom is -0.380 e. The van der Waals surface area contributed by atoms with E-state index in [0.29, 0.717) is 11.4 Å². The van der Waals surface area contributed by atoms with E-state index in [2.05, 4.69) is 4.98 Å². The van der Waals surface area contributed by atoms with Gasteiger partial charge in [-0.1, -0.05) is 30.3 Å². The monoisotopic (exact) mass is 297 g/mol. The summed E-state index contributed by atoms with van der Waals surface area (Å²) in [6.45, 7) is 3.05. The Bertz CT molecular complexity index is 721. The Morgan fingerprint density at radius 2 is 1.91 bits per heavy atom. The molecule has 1 spiro atoms. The molecule has 2 aliphatic rings. The fraction of sp³-hybridized carbons (Fsp3) is 0.312. The third-order valence-corrected chi connectivity index (χ3v) is 4.34. The van der Waals surface area contributed by atoms with E-state index < -0.39 is 0 Å². The van der Waals surface area contributed by atoms with Crippen molar-refractivity contribution in [2.75, 3.05) is 31.2 Å². The fourth-order valence-electron chi connectivity index (χ4n) is 3.19. The second kappa shape index (κ2) is 4.78. The molecule has 112 valence electrons. The number of benzene rings is 1. The lowest BCUT2D eigenvalue weighted by Gasteiger charge is -2.55. The van der Waals surface area contributed by atoms with E-state index >= 15 is 0 Å². The maximum absolute atomic E-state index is 11.6. The number of aromatic nitrogens is 1. The molecule has 0 unspecified atom stereocenters. The van der Waals surface area contributed by atoms with E-state index in [1.54, 1.807) is 12.3 Å². The average Bonchev–Trinajstić information content (AvgIpc) is 2.45. The summed E-state index contributed by atoms with van der Waals surface area (Å²) in [6.07, 6.45) is 1.65. The first-order valence-corrected chi connectivity index (χ1v) is 7.20. The highest BCUT2D eigenvalue weighted by Crippen LogP contribution is 2.44. The maximum Gasteiger partial charge on any atom is 0.319 e. The van der Waals surface area contributed by atoms with Gasteiger partial charge in [0.25, 0.3) is 0 Å². The van der Waals surface area contributed by atoms with Crippen molar-refractivity contribution in [2.24, 2.45) is 5.41 Å². The van der Waals surface area contributed by atoms with Crippen molar-refractivity contribution >= 4 is 11.5 Å². The fourth-order valence-corrected chi connectivity index (χ4v) is 3.19. The summed E-state index contributed by atoms with van der Waals surface area (Å²) < 4.78 is 5.25. The van der Waals surface area contributed by atoms with Gasteiger partial charge in [-0.05, 0) is 11.6 Å². The van der Waals surface area contributed by atoms with Gasteiger partial charge in [-0.2, -0.15) is 0 Å². The molecule has 1 aromatic heterocycles. The lowest BCUT2D eigenvalue weighted by molar-refractivity contribution is -0.383. The quantitative estimate of drug-likeness (QED) is 0.643. The van der Waals surface area contributed by atoms with E-state index in [1.807, 2.05) is 35.2 Å². The highest BCUT2D eigenvalue weighted by Gasteiger charge is 2.50. The van der Waals surface area contributed by atoms with Crippen LogP contribution in [0.5, 0.6) is 0 Å². The summed E-state index contributed by atoms with van der Waals surface area (Å²) in [5.74, 6) is 0.462. The lowest BCUT2D eigenvalue weighted by Crippen LogP contribution is -2.66. The van der Waals surface area contributed by atoms with Gasteiger partial charge in [0.15, 0.2) is 0 Å². The van der Waals surface area contributed by atoms with Crippen LogP contribution in [0, 0.1) is 15.5 Å². The predicted octanol–water partition coefficient (Wildman–Crippen LogP) is 2.49. The van der Waals surface area contributed by atoms with Crippen molar-refractivity contribution in [3.05, 3.63) is 52.7 Å². The lowest BCUT2D eigenvalue weighted by atomic mass is 9.78. The van der Waals surface area contributed by atoms with Crippen LogP contribution in [0.25, 0.3) is 11.1 Å². The highest BCUT2D eigenvalue weighted by atomic mass is 16.6. The van der Waals surface area contributed by atoms with E-state index in [1.165, 1.54) is 0 Å². The van der Waals surface area contributed by atoms with Crippen LogP contribution in [0.15, 0.2) is 42.6 Å². The summed E-state index contributed by atoms with van der Waals surface area (Å²) in [7, 11) is 0. The molecule has 0 N–H and O–H groups in total. The van der Waals surface area contributed by atoms with Crippen molar-refractivity contribution in [2.45, 2.75) is 0 Å². The number of pyridine rings is 1. The molecule has 1 aromatic carbocycles.